The van der Waals surface area contributed by atoms with Gasteiger partial charge in [0.2, 0.25) is 5.91 Å². The number of carbonyl (C=O) groups is 3. The molecule has 39 heavy (non-hydrogen) atoms. The first-order valence-corrected chi connectivity index (χ1v) is 13.4. The monoisotopic (exact) mass is 528 g/mol. The lowest BCUT2D eigenvalue weighted by Crippen LogP contribution is -2.56. The number of aliphatic hydroxyl groups is 1. The molecule has 0 bridgehead atoms. The van der Waals surface area contributed by atoms with Crippen molar-refractivity contribution in [3.63, 3.8) is 0 Å². The molecule has 8 heteroatoms. The molecule has 1 unspecified atom stereocenters. The smallest absolute Gasteiger partial charge is 0.312 e. The van der Waals surface area contributed by atoms with Crippen molar-refractivity contribution in [2.75, 3.05) is 24.7 Å². The third-order valence-electron chi connectivity index (χ3n) is 8.41. The fraction of sp³-hybridized carbons (Fsp3) is 0.387. The molecule has 4 aliphatic heterocycles. The van der Waals surface area contributed by atoms with E-state index in [1.807, 2.05) is 80.6 Å². The molecule has 2 fully saturated rings. The van der Waals surface area contributed by atoms with Crippen LogP contribution in [0.5, 0.6) is 0 Å². The van der Waals surface area contributed by atoms with E-state index in [-0.39, 0.29) is 19.1 Å². The second kappa shape index (κ2) is 9.77. The van der Waals surface area contributed by atoms with Crippen molar-refractivity contribution >= 4 is 23.5 Å². The Hall–Kier alpha value is -3.75. The van der Waals surface area contributed by atoms with E-state index < -0.39 is 54.1 Å². The molecule has 2 saturated heterocycles. The number of rotatable bonds is 4. The molecular weight excluding hydrogens is 496 g/mol. The lowest BCUT2D eigenvalue weighted by Gasteiger charge is -2.39. The first kappa shape index (κ1) is 25.5. The summed E-state index contributed by atoms with van der Waals surface area (Å²) in [7, 11) is 0. The molecule has 6 rings (SSSR count). The minimum absolute atomic E-state index is 0.220. The summed E-state index contributed by atoms with van der Waals surface area (Å²) < 4.78 is 12.1. The van der Waals surface area contributed by atoms with Crippen LogP contribution in [0, 0.1) is 25.7 Å². The summed E-state index contributed by atoms with van der Waals surface area (Å²) in [5.74, 6) is -3.09. The predicted octanol–water partition coefficient (Wildman–Crippen LogP) is 3.02. The van der Waals surface area contributed by atoms with Gasteiger partial charge in [0.15, 0.2) is 0 Å². The highest BCUT2D eigenvalue weighted by atomic mass is 16.6. The summed E-state index contributed by atoms with van der Waals surface area (Å²) >= 11 is 0. The predicted molar refractivity (Wildman–Crippen MR) is 144 cm³/mol. The van der Waals surface area contributed by atoms with Gasteiger partial charge in [0.25, 0.3) is 5.91 Å². The zero-order valence-corrected chi connectivity index (χ0v) is 22.0. The molecule has 8 nitrogen and oxygen atoms in total. The Balaban J connectivity index is 1.53. The number of hydrogen-bond donors (Lipinski definition) is 1. The number of benzene rings is 2. The summed E-state index contributed by atoms with van der Waals surface area (Å²) in [4.78, 5) is 45.5. The number of fused-ring (bicyclic) bond motifs is 2. The number of likely N-dealkylation sites (tertiary alicyclic amines) is 1. The highest BCUT2D eigenvalue weighted by Gasteiger charge is 2.72. The fourth-order valence-corrected chi connectivity index (χ4v) is 6.64. The molecule has 2 aromatic rings. The molecule has 0 radical (unpaired) electrons. The summed E-state index contributed by atoms with van der Waals surface area (Å²) in [5.41, 5.74) is 1.98. The van der Waals surface area contributed by atoms with Gasteiger partial charge < -0.3 is 24.4 Å². The van der Waals surface area contributed by atoms with Crippen molar-refractivity contribution in [3.8, 4) is 0 Å². The number of aliphatic hydroxyl groups excluding tert-OH is 1. The minimum atomic E-state index is -1.40. The summed E-state index contributed by atoms with van der Waals surface area (Å²) in [5, 5.41) is 10.6. The van der Waals surface area contributed by atoms with Crippen LogP contribution in [0.3, 0.4) is 0 Å². The third kappa shape index (κ3) is 3.93. The average Bonchev–Trinajstić information content (AvgIpc) is 3.30. The van der Waals surface area contributed by atoms with Crippen molar-refractivity contribution in [2.45, 2.75) is 44.1 Å². The largest absolute Gasteiger partial charge is 0.465 e. The van der Waals surface area contributed by atoms with Crippen LogP contribution in [0.15, 0.2) is 72.8 Å². The van der Waals surface area contributed by atoms with Crippen LogP contribution in [0.4, 0.5) is 5.69 Å². The van der Waals surface area contributed by atoms with Crippen molar-refractivity contribution in [1.29, 1.82) is 0 Å². The number of nitrogens with zero attached hydrogens (tertiary/aromatic N) is 2. The number of ether oxygens (including phenoxy) is 2. The highest BCUT2D eigenvalue weighted by molar-refractivity contribution is 6.06. The molecule has 4 aliphatic rings. The van der Waals surface area contributed by atoms with Gasteiger partial charge in [-0.15, -0.1) is 0 Å². The second-order valence-corrected chi connectivity index (χ2v) is 10.7. The van der Waals surface area contributed by atoms with Crippen molar-refractivity contribution < 1.29 is 29.0 Å². The Kier molecular flexibility index (Phi) is 6.40. The Bertz CT molecular complexity index is 1370. The van der Waals surface area contributed by atoms with E-state index in [1.54, 1.807) is 11.0 Å². The Labute approximate surface area is 227 Å². The normalized spacial score (nSPS) is 30.7. The maximum Gasteiger partial charge on any atom is 0.312 e. The lowest BCUT2D eigenvalue weighted by molar-refractivity contribution is -0.155. The SMILES string of the molecule is Cc1ccc(C)c(N2CC=C[C@]34O[C@@H]5C=CCCOC(=O)[C@@H]5[C@H]3C(=O)N([C@H](CO)c3ccccc3)C4C2=O)c1. The van der Waals surface area contributed by atoms with Gasteiger partial charge in [0, 0.05) is 12.2 Å². The van der Waals surface area contributed by atoms with E-state index in [4.69, 9.17) is 9.47 Å². The van der Waals surface area contributed by atoms with Crippen LogP contribution in [0.25, 0.3) is 0 Å². The van der Waals surface area contributed by atoms with Gasteiger partial charge in [-0.1, -0.05) is 66.8 Å². The van der Waals surface area contributed by atoms with Crippen molar-refractivity contribution in [2.24, 2.45) is 11.8 Å². The van der Waals surface area contributed by atoms with E-state index in [2.05, 4.69) is 0 Å². The van der Waals surface area contributed by atoms with Crippen LogP contribution in [0.2, 0.25) is 0 Å². The van der Waals surface area contributed by atoms with E-state index in [0.29, 0.717) is 12.0 Å². The van der Waals surface area contributed by atoms with Gasteiger partial charge in [0.1, 0.15) is 17.6 Å². The number of anilines is 1. The third-order valence-corrected chi connectivity index (χ3v) is 8.41. The van der Waals surface area contributed by atoms with Crippen molar-refractivity contribution in [3.05, 3.63) is 89.5 Å². The molecule has 2 aromatic carbocycles. The van der Waals surface area contributed by atoms with Gasteiger partial charge in [-0.05, 0) is 43.0 Å². The molecule has 4 heterocycles. The van der Waals surface area contributed by atoms with Crippen LogP contribution < -0.4 is 4.90 Å². The zero-order chi connectivity index (χ0) is 27.3. The van der Waals surface area contributed by atoms with Crippen LogP contribution in [-0.4, -0.2) is 65.3 Å². The molecule has 0 saturated carbocycles. The van der Waals surface area contributed by atoms with Gasteiger partial charge in [-0.25, -0.2) is 0 Å². The number of esters is 1. The molecule has 0 aromatic heterocycles. The van der Waals surface area contributed by atoms with Gasteiger partial charge in [-0.2, -0.15) is 0 Å². The molecule has 2 amide bonds. The lowest BCUT2D eigenvalue weighted by atomic mass is 9.77. The summed E-state index contributed by atoms with van der Waals surface area (Å²) in [6, 6.07) is 13.2. The molecule has 1 N–H and O–H groups in total. The van der Waals surface area contributed by atoms with E-state index in [0.717, 1.165) is 16.8 Å². The first-order chi connectivity index (χ1) is 18.9. The molecule has 0 aliphatic carbocycles. The maximum absolute atomic E-state index is 14.7. The summed E-state index contributed by atoms with van der Waals surface area (Å²) in [6.07, 6.45) is 7.21. The molecule has 1 spiro atoms. The Morgan fingerprint density at radius 1 is 1.05 bits per heavy atom. The van der Waals surface area contributed by atoms with E-state index in [1.165, 1.54) is 4.90 Å². The van der Waals surface area contributed by atoms with Crippen LogP contribution >= 0.6 is 0 Å². The molecule has 6 atom stereocenters. The quantitative estimate of drug-likeness (QED) is 0.484. The van der Waals surface area contributed by atoms with Crippen LogP contribution in [0.1, 0.15) is 29.2 Å². The van der Waals surface area contributed by atoms with E-state index >= 15 is 0 Å². The number of cyclic esters (lactones) is 1. The number of hydrogen-bond acceptors (Lipinski definition) is 6. The summed E-state index contributed by atoms with van der Waals surface area (Å²) in [6.45, 7) is 4.02. The topological polar surface area (TPSA) is 96.4 Å². The van der Waals surface area contributed by atoms with Gasteiger partial charge >= 0.3 is 5.97 Å². The molecular formula is C31H32N2O6. The maximum atomic E-state index is 14.7. The van der Waals surface area contributed by atoms with Gasteiger partial charge in [-0.3, -0.25) is 14.4 Å². The van der Waals surface area contributed by atoms with E-state index in [9.17, 15) is 19.5 Å². The second-order valence-electron chi connectivity index (χ2n) is 10.7. The Morgan fingerprint density at radius 3 is 2.62 bits per heavy atom. The van der Waals surface area contributed by atoms with Crippen LogP contribution in [-0.2, 0) is 23.9 Å². The zero-order valence-electron chi connectivity index (χ0n) is 22.0. The number of aryl methyl sites for hydroxylation is 2. The number of amides is 2. The molecule has 202 valence electrons. The average molecular weight is 529 g/mol. The number of carbonyl (C=O) groups excluding carboxylic acids is 3. The minimum Gasteiger partial charge on any atom is -0.465 e. The van der Waals surface area contributed by atoms with Crippen molar-refractivity contribution in [1.82, 2.24) is 4.90 Å². The Morgan fingerprint density at radius 2 is 1.85 bits per heavy atom. The van der Waals surface area contributed by atoms with Gasteiger partial charge in [0.05, 0.1) is 31.3 Å². The fourth-order valence-electron chi connectivity index (χ4n) is 6.64. The standard InChI is InChI=1S/C31H32N2O6/c1-19-12-13-20(2)22(17-19)32-15-8-14-31-26(25-24(39-31)11-6-7-16-38-30(25)37)28(35)33(27(31)29(32)36)23(18-34)21-9-4-3-5-10-21/h3-6,8-14,17,23-27,34H,7,15-16,18H2,1-2H3/t23-,24-,25+,26+,27?,31+/m1/s1. The highest BCUT2D eigenvalue weighted by Crippen LogP contribution is 2.55. The first-order valence-electron chi connectivity index (χ1n) is 13.4.